The Morgan fingerprint density at radius 1 is 1.38 bits per heavy atom. The van der Waals surface area contributed by atoms with Gasteiger partial charge in [-0.3, -0.25) is 0 Å². The van der Waals surface area contributed by atoms with E-state index in [9.17, 15) is 5.11 Å². The van der Waals surface area contributed by atoms with Crippen molar-refractivity contribution in [3.8, 4) is 0 Å². The Morgan fingerprint density at radius 3 is 2.62 bits per heavy atom. The molecule has 3 nitrogen and oxygen atoms in total. The molecule has 1 aliphatic heterocycles. The van der Waals surface area contributed by atoms with Crippen LogP contribution >= 0.6 is 0 Å². The molecule has 0 saturated carbocycles. The number of rotatable bonds is 3. The molecule has 2 unspecified atom stereocenters. The molecule has 16 heavy (non-hydrogen) atoms. The molecule has 0 spiro atoms. The monoisotopic (exact) mass is 222 g/mol. The highest BCUT2D eigenvalue weighted by molar-refractivity contribution is 5.15. The summed E-state index contributed by atoms with van der Waals surface area (Å²) in [5.74, 6) is -0.567. The third kappa shape index (κ3) is 2.82. The Morgan fingerprint density at radius 2 is 2.06 bits per heavy atom. The molecule has 1 aromatic carbocycles. The summed E-state index contributed by atoms with van der Waals surface area (Å²) >= 11 is 0. The van der Waals surface area contributed by atoms with Gasteiger partial charge in [0.15, 0.2) is 5.79 Å². The van der Waals surface area contributed by atoms with E-state index in [0.717, 1.165) is 5.56 Å². The van der Waals surface area contributed by atoms with Crippen LogP contribution in [0.1, 0.15) is 19.4 Å². The van der Waals surface area contributed by atoms with Gasteiger partial charge in [-0.05, 0) is 19.4 Å². The number of benzene rings is 1. The first-order chi connectivity index (χ1) is 7.57. The van der Waals surface area contributed by atoms with Crippen molar-refractivity contribution in [1.29, 1.82) is 0 Å². The first-order valence-corrected chi connectivity index (χ1v) is 5.60. The zero-order valence-corrected chi connectivity index (χ0v) is 9.72. The normalized spacial score (nSPS) is 25.6. The van der Waals surface area contributed by atoms with Crippen LogP contribution in [0.2, 0.25) is 0 Å². The topological polar surface area (TPSA) is 38.7 Å². The fraction of sp³-hybridized carbons (Fsp3) is 0.538. The zero-order valence-electron chi connectivity index (χ0n) is 9.72. The fourth-order valence-electron chi connectivity index (χ4n) is 1.89. The van der Waals surface area contributed by atoms with Gasteiger partial charge in [-0.15, -0.1) is 0 Å². The molecule has 1 aromatic rings. The second-order valence-electron chi connectivity index (χ2n) is 4.62. The quantitative estimate of drug-likeness (QED) is 0.846. The number of hydrogen-bond acceptors (Lipinski definition) is 3. The number of hydrogen-bond donors (Lipinski definition) is 1. The van der Waals surface area contributed by atoms with Gasteiger partial charge in [-0.1, -0.05) is 30.3 Å². The predicted molar refractivity (Wildman–Crippen MR) is 61.1 cm³/mol. The maximum Gasteiger partial charge on any atom is 0.163 e. The summed E-state index contributed by atoms with van der Waals surface area (Å²) in [5, 5.41) is 10.0. The third-order valence-electron chi connectivity index (χ3n) is 2.75. The molecule has 1 fully saturated rings. The summed E-state index contributed by atoms with van der Waals surface area (Å²) in [7, 11) is 0. The lowest BCUT2D eigenvalue weighted by molar-refractivity contribution is -0.150. The smallest absolute Gasteiger partial charge is 0.163 e. The highest BCUT2D eigenvalue weighted by Crippen LogP contribution is 2.25. The van der Waals surface area contributed by atoms with E-state index in [0.29, 0.717) is 13.0 Å². The number of aliphatic hydroxyl groups excluding tert-OH is 1. The molecule has 2 atom stereocenters. The van der Waals surface area contributed by atoms with Gasteiger partial charge in [0.1, 0.15) is 6.10 Å². The van der Waals surface area contributed by atoms with E-state index in [4.69, 9.17) is 9.47 Å². The number of aliphatic hydroxyl groups is 1. The van der Waals surface area contributed by atoms with Crippen LogP contribution in [0.3, 0.4) is 0 Å². The Balaban J connectivity index is 1.92. The average molecular weight is 222 g/mol. The van der Waals surface area contributed by atoms with Crippen molar-refractivity contribution in [3.63, 3.8) is 0 Å². The molecule has 0 aromatic heterocycles. The van der Waals surface area contributed by atoms with Crippen LogP contribution in [0.15, 0.2) is 30.3 Å². The average Bonchev–Trinajstić information content (AvgIpc) is 2.60. The molecule has 0 amide bonds. The first kappa shape index (κ1) is 11.6. The van der Waals surface area contributed by atoms with E-state index in [1.807, 2.05) is 44.2 Å². The molecule has 88 valence electrons. The van der Waals surface area contributed by atoms with Gasteiger partial charge in [0.05, 0.1) is 12.7 Å². The highest BCUT2D eigenvalue weighted by Gasteiger charge is 2.36. The molecule has 0 bridgehead atoms. The molecule has 2 rings (SSSR count). The van der Waals surface area contributed by atoms with E-state index < -0.39 is 11.9 Å². The molecular formula is C13H18O3. The zero-order chi connectivity index (χ0) is 11.6. The minimum absolute atomic E-state index is 0.227. The standard InChI is InChI=1S/C13H18O3/c1-13(2)15-9-12(16-13)11(14)8-10-6-4-3-5-7-10/h3-7,11-12,14H,8-9H2,1-2H3. The Hall–Kier alpha value is -0.900. The van der Waals surface area contributed by atoms with Crippen LogP contribution in [0.25, 0.3) is 0 Å². The van der Waals surface area contributed by atoms with Gasteiger partial charge in [0, 0.05) is 6.42 Å². The summed E-state index contributed by atoms with van der Waals surface area (Å²) in [6, 6.07) is 9.92. The molecule has 0 radical (unpaired) electrons. The molecule has 3 heteroatoms. The van der Waals surface area contributed by atoms with Crippen LogP contribution in [0.4, 0.5) is 0 Å². The van der Waals surface area contributed by atoms with Crippen molar-refractivity contribution >= 4 is 0 Å². The fourth-order valence-corrected chi connectivity index (χ4v) is 1.89. The van der Waals surface area contributed by atoms with Crippen LogP contribution in [0.5, 0.6) is 0 Å². The maximum atomic E-state index is 10.0. The maximum absolute atomic E-state index is 10.0. The van der Waals surface area contributed by atoms with Crippen LogP contribution in [0, 0.1) is 0 Å². The summed E-state index contributed by atoms with van der Waals surface area (Å²) in [6.07, 6.45) is -0.135. The summed E-state index contributed by atoms with van der Waals surface area (Å²) in [6.45, 7) is 4.19. The lowest BCUT2D eigenvalue weighted by Gasteiger charge is -2.20. The van der Waals surface area contributed by atoms with E-state index in [2.05, 4.69) is 0 Å². The Bertz CT molecular complexity index is 334. The molecule has 1 aliphatic rings. The largest absolute Gasteiger partial charge is 0.390 e. The summed E-state index contributed by atoms with van der Waals surface area (Å²) in [4.78, 5) is 0. The van der Waals surface area contributed by atoms with Crippen LogP contribution in [-0.2, 0) is 15.9 Å². The van der Waals surface area contributed by atoms with Crippen molar-refractivity contribution in [2.75, 3.05) is 6.61 Å². The molecule has 1 heterocycles. The summed E-state index contributed by atoms with van der Waals surface area (Å²) in [5.41, 5.74) is 1.11. The Kier molecular flexibility index (Phi) is 3.28. The minimum atomic E-state index is -0.567. The second kappa shape index (κ2) is 4.53. The molecule has 1 N–H and O–H groups in total. The van der Waals surface area contributed by atoms with Crippen LogP contribution < -0.4 is 0 Å². The van der Waals surface area contributed by atoms with Gasteiger partial charge in [0.25, 0.3) is 0 Å². The number of ether oxygens (including phenoxy) is 2. The van der Waals surface area contributed by atoms with Crippen molar-refractivity contribution in [1.82, 2.24) is 0 Å². The second-order valence-corrected chi connectivity index (χ2v) is 4.62. The third-order valence-corrected chi connectivity index (χ3v) is 2.75. The lowest BCUT2D eigenvalue weighted by atomic mass is 10.0. The van der Waals surface area contributed by atoms with Crippen molar-refractivity contribution in [2.24, 2.45) is 0 Å². The summed E-state index contributed by atoms with van der Waals surface area (Å²) < 4.78 is 11.0. The van der Waals surface area contributed by atoms with E-state index >= 15 is 0 Å². The van der Waals surface area contributed by atoms with E-state index in [1.54, 1.807) is 0 Å². The van der Waals surface area contributed by atoms with Crippen molar-refractivity contribution in [2.45, 2.75) is 38.3 Å². The van der Waals surface area contributed by atoms with Gasteiger partial charge >= 0.3 is 0 Å². The van der Waals surface area contributed by atoms with Gasteiger partial charge in [-0.2, -0.15) is 0 Å². The lowest BCUT2D eigenvalue weighted by Crippen LogP contribution is -2.32. The SMILES string of the molecule is CC1(C)OCC(C(O)Cc2ccccc2)O1. The van der Waals surface area contributed by atoms with Crippen molar-refractivity contribution < 1.29 is 14.6 Å². The molecule has 1 saturated heterocycles. The van der Waals surface area contributed by atoms with Gasteiger partial charge in [0.2, 0.25) is 0 Å². The predicted octanol–water partition coefficient (Wildman–Crippen LogP) is 1.74. The molecular weight excluding hydrogens is 204 g/mol. The Labute approximate surface area is 96.0 Å². The molecule has 0 aliphatic carbocycles. The van der Waals surface area contributed by atoms with Crippen molar-refractivity contribution in [3.05, 3.63) is 35.9 Å². The van der Waals surface area contributed by atoms with Gasteiger partial charge in [-0.25, -0.2) is 0 Å². The van der Waals surface area contributed by atoms with E-state index in [1.165, 1.54) is 0 Å². The van der Waals surface area contributed by atoms with Crippen LogP contribution in [-0.4, -0.2) is 29.7 Å². The van der Waals surface area contributed by atoms with E-state index in [-0.39, 0.29) is 6.10 Å². The van der Waals surface area contributed by atoms with Gasteiger partial charge < -0.3 is 14.6 Å². The minimum Gasteiger partial charge on any atom is -0.390 e. The highest BCUT2D eigenvalue weighted by atomic mass is 16.7. The first-order valence-electron chi connectivity index (χ1n) is 5.60.